The van der Waals surface area contributed by atoms with Gasteiger partial charge in [0.1, 0.15) is 0 Å². The first-order chi connectivity index (χ1) is 5.15. The van der Waals surface area contributed by atoms with Crippen molar-refractivity contribution in [3.8, 4) is 12.3 Å². The molecule has 2 nitrogen and oxygen atoms in total. The van der Waals surface area contributed by atoms with E-state index in [4.69, 9.17) is 6.42 Å². The van der Waals surface area contributed by atoms with Gasteiger partial charge in [-0.15, -0.1) is 6.42 Å². The van der Waals surface area contributed by atoms with E-state index in [1.807, 2.05) is 6.92 Å². The highest BCUT2D eigenvalue weighted by Gasteiger charge is 2.22. The van der Waals surface area contributed by atoms with Crippen molar-refractivity contribution in [3.63, 3.8) is 0 Å². The first kappa shape index (κ1) is 8.32. The summed E-state index contributed by atoms with van der Waals surface area (Å²) >= 11 is 0. The molecule has 0 aliphatic heterocycles. The monoisotopic (exact) mass is 152 g/mol. The zero-order valence-electron chi connectivity index (χ0n) is 6.54. The van der Waals surface area contributed by atoms with Crippen molar-refractivity contribution < 1.29 is 10.2 Å². The van der Waals surface area contributed by atoms with Gasteiger partial charge in [0.15, 0.2) is 0 Å². The Morgan fingerprint density at radius 3 is 2.73 bits per heavy atom. The molecule has 0 spiro atoms. The lowest BCUT2D eigenvalue weighted by molar-refractivity contribution is 0.0882. The van der Waals surface area contributed by atoms with Gasteiger partial charge in [0.05, 0.1) is 12.2 Å². The van der Waals surface area contributed by atoms with E-state index in [0.717, 1.165) is 11.1 Å². The molecule has 1 rings (SSSR count). The highest BCUT2D eigenvalue weighted by molar-refractivity contribution is 5.34. The van der Waals surface area contributed by atoms with Crippen molar-refractivity contribution in [1.29, 1.82) is 0 Å². The van der Waals surface area contributed by atoms with Crippen molar-refractivity contribution in [2.45, 2.75) is 32.0 Å². The Kier molecular flexibility index (Phi) is 2.33. The predicted octanol–water partition coefficient (Wildman–Crippen LogP) is 0.452. The van der Waals surface area contributed by atoms with Crippen molar-refractivity contribution in [2.75, 3.05) is 0 Å². The standard InChI is InChI=1S/C9H12O2/c1-3-7-4-8(10)5-9(11)6(7)2/h1,8-11H,4-5H2,2H3/t8-,9+/m0/s1. The van der Waals surface area contributed by atoms with Crippen LogP contribution in [0.5, 0.6) is 0 Å². The molecule has 60 valence electrons. The zero-order chi connectivity index (χ0) is 8.43. The van der Waals surface area contributed by atoms with E-state index in [2.05, 4.69) is 5.92 Å². The van der Waals surface area contributed by atoms with E-state index in [1.165, 1.54) is 0 Å². The molecule has 0 aromatic carbocycles. The summed E-state index contributed by atoms with van der Waals surface area (Å²) in [6.07, 6.45) is 5.09. The molecule has 0 aromatic heterocycles. The van der Waals surface area contributed by atoms with Crippen LogP contribution in [0.3, 0.4) is 0 Å². The van der Waals surface area contributed by atoms with Crippen LogP contribution in [0.2, 0.25) is 0 Å². The lowest BCUT2D eigenvalue weighted by Crippen LogP contribution is -2.25. The van der Waals surface area contributed by atoms with E-state index in [9.17, 15) is 10.2 Å². The third-order valence-corrected chi connectivity index (χ3v) is 2.09. The Labute approximate surface area is 66.6 Å². The minimum Gasteiger partial charge on any atom is -0.393 e. The second-order valence-electron chi connectivity index (χ2n) is 2.92. The molecule has 2 heteroatoms. The molecule has 1 aliphatic rings. The first-order valence-electron chi connectivity index (χ1n) is 3.67. The van der Waals surface area contributed by atoms with E-state index >= 15 is 0 Å². The van der Waals surface area contributed by atoms with Crippen molar-refractivity contribution in [2.24, 2.45) is 0 Å². The molecular weight excluding hydrogens is 140 g/mol. The molecule has 1 aliphatic carbocycles. The topological polar surface area (TPSA) is 40.5 Å². The Morgan fingerprint density at radius 2 is 2.18 bits per heavy atom. The van der Waals surface area contributed by atoms with Crippen LogP contribution in [0, 0.1) is 12.3 Å². The Balaban J connectivity index is 2.88. The van der Waals surface area contributed by atoms with E-state index in [-0.39, 0.29) is 0 Å². The number of hydrogen-bond acceptors (Lipinski definition) is 2. The Morgan fingerprint density at radius 1 is 1.55 bits per heavy atom. The van der Waals surface area contributed by atoms with Gasteiger partial charge in [-0.05, 0) is 12.5 Å². The van der Waals surface area contributed by atoms with Crippen LogP contribution in [0.15, 0.2) is 11.1 Å². The molecule has 0 unspecified atom stereocenters. The van der Waals surface area contributed by atoms with Gasteiger partial charge in [0.2, 0.25) is 0 Å². The fraction of sp³-hybridized carbons (Fsp3) is 0.556. The lowest BCUT2D eigenvalue weighted by atomic mass is 9.89. The molecule has 2 N–H and O–H groups in total. The number of terminal acetylenes is 1. The first-order valence-corrected chi connectivity index (χ1v) is 3.67. The molecule has 0 fully saturated rings. The van der Waals surface area contributed by atoms with Crippen LogP contribution in [0.1, 0.15) is 19.8 Å². The van der Waals surface area contributed by atoms with Gasteiger partial charge in [0, 0.05) is 18.4 Å². The van der Waals surface area contributed by atoms with Crippen LogP contribution in [0.25, 0.3) is 0 Å². The van der Waals surface area contributed by atoms with Crippen LogP contribution in [-0.4, -0.2) is 22.4 Å². The molecule has 0 heterocycles. The Hall–Kier alpha value is -0.780. The van der Waals surface area contributed by atoms with E-state index < -0.39 is 12.2 Å². The minimum atomic E-state index is -0.551. The molecule has 0 radical (unpaired) electrons. The van der Waals surface area contributed by atoms with Crippen LogP contribution >= 0.6 is 0 Å². The van der Waals surface area contributed by atoms with Crippen LogP contribution in [-0.2, 0) is 0 Å². The third kappa shape index (κ3) is 1.62. The van der Waals surface area contributed by atoms with E-state index in [0.29, 0.717) is 12.8 Å². The fourth-order valence-corrected chi connectivity index (χ4v) is 1.29. The number of rotatable bonds is 0. The van der Waals surface area contributed by atoms with Crippen LogP contribution < -0.4 is 0 Å². The third-order valence-electron chi connectivity index (χ3n) is 2.09. The second kappa shape index (κ2) is 3.08. The van der Waals surface area contributed by atoms with Gasteiger partial charge in [-0.2, -0.15) is 0 Å². The lowest BCUT2D eigenvalue weighted by Gasteiger charge is -2.23. The largest absolute Gasteiger partial charge is 0.393 e. The average molecular weight is 152 g/mol. The highest BCUT2D eigenvalue weighted by Crippen LogP contribution is 2.24. The maximum atomic E-state index is 9.34. The number of aliphatic hydroxyl groups is 2. The molecule has 2 atom stereocenters. The summed E-state index contributed by atoms with van der Waals surface area (Å²) < 4.78 is 0. The van der Waals surface area contributed by atoms with E-state index in [1.54, 1.807) is 0 Å². The Bertz CT molecular complexity index is 222. The SMILES string of the molecule is C#CC1=C(C)[C@H](O)C[C@@H](O)C1. The average Bonchev–Trinajstić information content (AvgIpc) is 1.96. The number of aliphatic hydroxyl groups excluding tert-OH is 2. The minimum absolute atomic E-state index is 0.414. The molecule has 0 saturated heterocycles. The highest BCUT2D eigenvalue weighted by atomic mass is 16.3. The molecule has 0 bridgehead atoms. The quantitative estimate of drug-likeness (QED) is 0.495. The predicted molar refractivity (Wildman–Crippen MR) is 42.8 cm³/mol. The summed E-state index contributed by atoms with van der Waals surface area (Å²) in [7, 11) is 0. The maximum Gasteiger partial charge on any atom is 0.0784 e. The summed E-state index contributed by atoms with van der Waals surface area (Å²) in [5, 5.41) is 18.5. The van der Waals surface area contributed by atoms with Gasteiger partial charge in [-0.25, -0.2) is 0 Å². The summed E-state index contributed by atoms with van der Waals surface area (Å²) in [6, 6.07) is 0. The van der Waals surface area contributed by atoms with Crippen molar-refractivity contribution in [1.82, 2.24) is 0 Å². The maximum absolute atomic E-state index is 9.34. The van der Waals surface area contributed by atoms with Gasteiger partial charge in [-0.3, -0.25) is 0 Å². The molecule has 0 aromatic rings. The normalized spacial score (nSPS) is 31.8. The summed E-state index contributed by atoms with van der Waals surface area (Å²) in [4.78, 5) is 0. The summed E-state index contributed by atoms with van der Waals surface area (Å²) in [5.41, 5.74) is 1.58. The number of hydrogen-bond donors (Lipinski definition) is 2. The molecule has 0 saturated carbocycles. The molecule has 0 amide bonds. The van der Waals surface area contributed by atoms with Gasteiger partial charge < -0.3 is 10.2 Å². The van der Waals surface area contributed by atoms with Crippen LogP contribution in [0.4, 0.5) is 0 Å². The van der Waals surface area contributed by atoms with Gasteiger partial charge in [-0.1, -0.05) is 5.92 Å². The van der Waals surface area contributed by atoms with Crippen molar-refractivity contribution >= 4 is 0 Å². The zero-order valence-corrected chi connectivity index (χ0v) is 6.54. The fourth-order valence-electron chi connectivity index (χ4n) is 1.29. The second-order valence-corrected chi connectivity index (χ2v) is 2.92. The van der Waals surface area contributed by atoms with Crippen molar-refractivity contribution in [3.05, 3.63) is 11.1 Å². The summed E-state index contributed by atoms with van der Waals surface area (Å²) in [6.45, 7) is 1.81. The molecular formula is C9H12O2. The van der Waals surface area contributed by atoms with Gasteiger partial charge in [0.25, 0.3) is 0 Å². The van der Waals surface area contributed by atoms with Gasteiger partial charge >= 0.3 is 0 Å². The molecule has 11 heavy (non-hydrogen) atoms. The smallest absolute Gasteiger partial charge is 0.0784 e. The summed E-state index contributed by atoms with van der Waals surface area (Å²) in [5.74, 6) is 2.47.